The van der Waals surface area contributed by atoms with E-state index in [4.69, 9.17) is 0 Å². The second kappa shape index (κ2) is 7.67. The van der Waals surface area contributed by atoms with Crippen LogP contribution in [-0.2, 0) is 11.2 Å². The molecule has 0 atom stereocenters. The minimum atomic E-state index is -0.00647. The molecule has 3 aromatic rings. The summed E-state index contributed by atoms with van der Waals surface area (Å²) < 4.78 is 0. The summed E-state index contributed by atoms with van der Waals surface area (Å²) in [6.07, 6.45) is 0.381. The lowest BCUT2D eigenvalue weighted by Gasteiger charge is -2.19. The quantitative estimate of drug-likeness (QED) is 0.718. The van der Waals surface area contributed by atoms with Crippen LogP contribution in [0.3, 0.4) is 0 Å². The topological polar surface area (TPSA) is 32.3 Å². The van der Waals surface area contributed by atoms with Crippen LogP contribution in [0.15, 0.2) is 78.9 Å². The van der Waals surface area contributed by atoms with Crippen LogP contribution < -0.4 is 10.2 Å². The second-order valence-electron chi connectivity index (χ2n) is 6.15. The largest absolute Gasteiger partial charge is 0.345 e. The number of hydrogen-bond acceptors (Lipinski definition) is 2. The Labute approximate surface area is 148 Å². The van der Waals surface area contributed by atoms with Crippen molar-refractivity contribution < 1.29 is 4.79 Å². The molecule has 0 fully saturated rings. The molecule has 1 amide bonds. The van der Waals surface area contributed by atoms with E-state index in [1.54, 1.807) is 0 Å². The molecule has 0 bridgehead atoms. The molecule has 126 valence electrons. The number of anilines is 3. The molecule has 0 aliphatic carbocycles. The first kappa shape index (κ1) is 16.8. The van der Waals surface area contributed by atoms with Crippen molar-refractivity contribution in [3.63, 3.8) is 0 Å². The molecule has 0 aliphatic heterocycles. The second-order valence-corrected chi connectivity index (χ2v) is 6.15. The standard InChI is InChI=1S/C22H22N2O/c1-17-8-10-18(11-9-17)16-22(25)23-19-12-14-21(15-13-19)24(2)20-6-4-3-5-7-20/h3-15H,16H2,1-2H3,(H,23,25). The number of carbonyl (C=O) groups is 1. The number of hydrogen-bond donors (Lipinski definition) is 1. The summed E-state index contributed by atoms with van der Waals surface area (Å²) in [6.45, 7) is 2.04. The van der Waals surface area contributed by atoms with Crippen molar-refractivity contribution in [3.05, 3.63) is 90.0 Å². The SMILES string of the molecule is Cc1ccc(CC(=O)Nc2ccc(N(C)c3ccccc3)cc2)cc1. The molecule has 3 nitrogen and oxygen atoms in total. The van der Waals surface area contributed by atoms with Crippen LogP contribution in [-0.4, -0.2) is 13.0 Å². The molecule has 3 aromatic carbocycles. The van der Waals surface area contributed by atoms with Gasteiger partial charge in [0.2, 0.25) is 5.91 Å². The summed E-state index contributed by atoms with van der Waals surface area (Å²) in [6, 6.07) is 26.1. The van der Waals surface area contributed by atoms with Gasteiger partial charge in [-0.15, -0.1) is 0 Å². The summed E-state index contributed by atoms with van der Waals surface area (Å²) in [5.41, 5.74) is 5.22. The fourth-order valence-electron chi connectivity index (χ4n) is 2.67. The van der Waals surface area contributed by atoms with Gasteiger partial charge in [-0.05, 0) is 48.9 Å². The summed E-state index contributed by atoms with van der Waals surface area (Å²) in [7, 11) is 2.03. The third-order valence-corrected chi connectivity index (χ3v) is 4.17. The van der Waals surface area contributed by atoms with E-state index in [2.05, 4.69) is 22.3 Å². The highest BCUT2D eigenvalue weighted by atomic mass is 16.1. The lowest BCUT2D eigenvalue weighted by Crippen LogP contribution is -2.14. The predicted molar refractivity (Wildman–Crippen MR) is 104 cm³/mol. The highest BCUT2D eigenvalue weighted by Gasteiger charge is 2.06. The number of nitrogens with one attached hydrogen (secondary N) is 1. The van der Waals surface area contributed by atoms with E-state index in [0.717, 1.165) is 22.6 Å². The molecule has 0 saturated heterocycles. The molecule has 25 heavy (non-hydrogen) atoms. The first-order chi connectivity index (χ1) is 12.1. The molecule has 1 N–H and O–H groups in total. The molecule has 0 heterocycles. The highest BCUT2D eigenvalue weighted by molar-refractivity contribution is 5.92. The number of rotatable bonds is 5. The molecule has 0 unspecified atom stereocenters. The number of amides is 1. The maximum absolute atomic E-state index is 12.2. The lowest BCUT2D eigenvalue weighted by atomic mass is 10.1. The van der Waals surface area contributed by atoms with Gasteiger partial charge in [0.15, 0.2) is 0 Å². The van der Waals surface area contributed by atoms with Crippen molar-refractivity contribution in [3.8, 4) is 0 Å². The Kier molecular flexibility index (Phi) is 5.14. The van der Waals surface area contributed by atoms with Gasteiger partial charge in [0.25, 0.3) is 0 Å². The Morgan fingerprint density at radius 2 is 1.44 bits per heavy atom. The summed E-state index contributed by atoms with van der Waals surface area (Å²) in [4.78, 5) is 14.3. The van der Waals surface area contributed by atoms with Crippen LogP contribution in [0.1, 0.15) is 11.1 Å². The summed E-state index contributed by atoms with van der Waals surface area (Å²) >= 11 is 0. The van der Waals surface area contributed by atoms with Crippen molar-refractivity contribution in [1.82, 2.24) is 0 Å². The molecule has 0 radical (unpaired) electrons. The molecule has 3 heteroatoms. The monoisotopic (exact) mass is 330 g/mol. The van der Waals surface area contributed by atoms with Crippen molar-refractivity contribution >= 4 is 23.0 Å². The van der Waals surface area contributed by atoms with Crippen LogP contribution in [0.25, 0.3) is 0 Å². The number of benzene rings is 3. The fourth-order valence-corrected chi connectivity index (χ4v) is 2.67. The Balaban J connectivity index is 1.62. The van der Waals surface area contributed by atoms with Gasteiger partial charge in [0.1, 0.15) is 0 Å². The van der Waals surface area contributed by atoms with E-state index in [0.29, 0.717) is 6.42 Å². The van der Waals surface area contributed by atoms with Crippen molar-refractivity contribution in [2.24, 2.45) is 0 Å². The number of nitrogens with zero attached hydrogens (tertiary/aromatic N) is 1. The Bertz CT molecular complexity index is 824. The van der Waals surface area contributed by atoms with E-state index >= 15 is 0 Å². The molecular formula is C22H22N2O. The third kappa shape index (κ3) is 4.48. The lowest BCUT2D eigenvalue weighted by molar-refractivity contribution is -0.115. The minimum Gasteiger partial charge on any atom is -0.345 e. The third-order valence-electron chi connectivity index (χ3n) is 4.17. The zero-order valence-corrected chi connectivity index (χ0v) is 14.6. The molecule has 0 saturated carbocycles. The maximum atomic E-state index is 12.2. The Hall–Kier alpha value is -3.07. The van der Waals surface area contributed by atoms with E-state index in [1.807, 2.05) is 80.7 Å². The smallest absolute Gasteiger partial charge is 0.228 e. The number of carbonyl (C=O) groups excluding carboxylic acids is 1. The van der Waals surface area contributed by atoms with E-state index in [9.17, 15) is 4.79 Å². The molecule has 0 aromatic heterocycles. The van der Waals surface area contributed by atoms with Crippen molar-refractivity contribution in [2.45, 2.75) is 13.3 Å². The minimum absolute atomic E-state index is 0.00647. The maximum Gasteiger partial charge on any atom is 0.228 e. The molecule has 0 aliphatic rings. The van der Waals surface area contributed by atoms with Crippen LogP contribution >= 0.6 is 0 Å². The van der Waals surface area contributed by atoms with Gasteiger partial charge >= 0.3 is 0 Å². The van der Waals surface area contributed by atoms with E-state index in [-0.39, 0.29) is 5.91 Å². The Morgan fingerprint density at radius 1 is 0.840 bits per heavy atom. The summed E-state index contributed by atoms with van der Waals surface area (Å²) in [5.74, 6) is -0.00647. The average Bonchev–Trinajstić information content (AvgIpc) is 2.64. The molecule has 3 rings (SSSR count). The van der Waals surface area contributed by atoms with Crippen LogP contribution in [0, 0.1) is 6.92 Å². The van der Waals surface area contributed by atoms with Crippen LogP contribution in [0.4, 0.5) is 17.1 Å². The first-order valence-corrected chi connectivity index (χ1v) is 8.36. The van der Waals surface area contributed by atoms with Crippen molar-refractivity contribution in [2.75, 3.05) is 17.3 Å². The van der Waals surface area contributed by atoms with Gasteiger partial charge in [-0.3, -0.25) is 4.79 Å². The predicted octanol–water partition coefficient (Wildman–Crippen LogP) is 4.94. The number of aryl methyl sites for hydroxylation is 1. The molecule has 0 spiro atoms. The molecular weight excluding hydrogens is 308 g/mol. The highest BCUT2D eigenvalue weighted by Crippen LogP contribution is 2.24. The van der Waals surface area contributed by atoms with Gasteiger partial charge in [0.05, 0.1) is 6.42 Å². The van der Waals surface area contributed by atoms with Crippen molar-refractivity contribution in [1.29, 1.82) is 0 Å². The number of para-hydroxylation sites is 1. The first-order valence-electron chi connectivity index (χ1n) is 8.36. The fraction of sp³-hybridized carbons (Fsp3) is 0.136. The van der Waals surface area contributed by atoms with Gasteiger partial charge in [0, 0.05) is 24.1 Å². The van der Waals surface area contributed by atoms with Gasteiger partial charge < -0.3 is 10.2 Å². The van der Waals surface area contributed by atoms with Crippen LogP contribution in [0.2, 0.25) is 0 Å². The Morgan fingerprint density at radius 3 is 2.08 bits per heavy atom. The summed E-state index contributed by atoms with van der Waals surface area (Å²) in [5, 5.41) is 2.95. The normalized spacial score (nSPS) is 10.3. The zero-order chi connectivity index (χ0) is 17.6. The van der Waals surface area contributed by atoms with Gasteiger partial charge in [-0.25, -0.2) is 0 Å². The van der Waals surface area contributed by atoms with Crippen LogP contribution in [0.5, 0.6) is 0 Å². The van der Waals surface area contributed by atoms with Gasteiger partial charge in [-0.1, -0.05) is 48.0 Å². The average molecular weight is 330 g/mol. The van der Waals surface area contributed by atoms with Gasteiger partial charge in [-0.2, -0.15) is 0 Å². The zero-order valence-electron chi connectivity index (χ0n) is 14.6. The van der Waals surface area contributed by atoms with E-state index < -0.39 is 0 Å². The van der Waals surface area contributed by atoms with E-state index in [1.165, 1.54) is 5.56 Å².